The van der Waals surface area contributed by atoms with Crippen LogP contribution in [0.5, 0.6) is 0 Å². The number of aryl methyl sites for hydroxylation is 2. The predicted octanol–water partition coefficient (Wildman–Crippen LogP) is 4.94. The van der Waals surface area contributed by atoms with E-state index in [1.807, 2.05) is 26.0 Å². The second-order valence-electron chi connectivity index (χ2n) is 4.53. The molecule has 0 radical (unpaired) electrons. The average Bonchev–Trinajstić information content (AvgIpc) is 2.36. The molecule has 100 valence electrons. The minimum atomic E-state index is -0.872. The first-order valence-corrected chi connectivity index (χ1v) is 6.97. The number of aliphatic hydroxyl groups is 1. The molecule has 1 unspecified atom stereocenters. The first-order valence-electron chi connectivity index (χ1n) is 5.80. The van der Waals surface area contributed by atoms with Crippen LogP contribution in [0.2, 0.25) is 5.02 Å². The first-order chi connectivity index (χ1) is 8.90. The molecule has 0 amide bonds. The molecule has 2 aromatic rings. The van der Waals surface area contributed by atoms with Crippen LogP contribution in [0.25, 0.3) is 0 Å². The average molecular weight is 344 g/mol. The van der Waals surface area contributed by atoms with Crippen LogP contribution >= 0.6 is 27.5 Å². The SMILES string of the molecule is Cc1cc(Cl)c(C(O)c2ccc(F)c(Br)c2)cc1C. The van der Waals surface area contributed by atoms with Crippen LogP contribution in [0.3, 0.4) is 0 Å². The van der Waals surface area contributed by atoms with Gasteiger partial charge < -0.3 is 5.11 Å². The van der Waals surface area contributed by atoms with Crippen LogP contribution in [0.15, 0.2) is 34.8 Å². The van der Waals surface area contributed by atoms with Crippen LogP contribution < -0.4 is 0 Å². The lowest BCUT2D eigenvalue weighted by molar-refractivity contribution is 0.220. The van der Waals surface area contributed by atoms with Crippen LogP contribution in [0.1, 0.15) is 28.4 Å². The first kappa shape index (κ1) is 14.5. The second kappa shape index (κ2) is 5.61. The van der Waals surface area contributed by atoms with Crippen LogP contribution in [-0.4, -0.2) is 5.11 Å². The van der Waals surface area contributed by atoms with Gasteiger partial charge in [-0.05, 0) is 64.7 Å². The molecular formula is C15H13BrClFO. The van der Waals surface area contributed by atoms with Gasteiger partial charge in [0.05, 0.1) is 4.47 Å². The summed E-state index contributed by atoms with van der Waals surface area (Å²) >= 11 is 9.28. The molecule has 1 nitrogen and oxygen atoms in total. The van der Waals surface area contributed by atoms with E-state index in [0.29, 0.717) is 20.6 Å². The Morgan fingerprint density at radius 2 is 1.79 bits per heavy atom. The molecule has 2 rings (SSSR count). The zero-order valence-corrected chi connectivity index (χ0v) is 12.9. The highest BCUT2D eigenvalue weighted by Crippen LogP contribution is 2.32. The number of aliphatic hydroxyl groups excluding tert-OH is 1. The van der Waals surface area contributed by atoms with Crippen molar-refractivity contribution in [3.05, 3.63) is 67.9 Å². The Balaban J connectivity index is 2.46. The summed E-state index contributed by atoms with van der Waals surface area (Å²) in [5.74, 6) is -0.359. The molecule has 0 spiro atoms. The second-order valence-corrected chi connectivity index (χ2v) is 5.80. The van der Waals surface area contributed by atoms with E-state index in [-0.39, 0.29) is 5.82 Å². The summed E-state index contributed by atoms with van der Waals surface area (Å²) in [7, 11) is 0. The van der Waals surface area contributed by atoms with E-state index in [9.17, 15) is 9.50 Å². The zero-order chi connectivity index (χ0) is 14.2. The standard InChI is InChI=1S/C15H13BrClFO/c1-8-5-11(13(17)6-9(8)2)15(19)10-3-4-14(18)12(16)7-10/h3-7,15,19H,1-2H3. The Labute approximate surface area is 125 Å². The molecule has 0 aliphatic heterocycles. The van der Waals surface area contributed by atoms with E-state index in [1.165, 1.54) is 6.07 Å². The summed E-state index contributed by atoms with van der Waals surface area (Å²) in [6, 6.07) is 8.12. The molecule has 4 heteroatoms. The van der Waals surface area contributed by atoms with E-state index in [2.05, 4.69) is 15.9 Å². The number of halogens is 3. The van der Waals surface area contributed by atoms with Gasteiger partial charge in [-0.3, -0.25) is 0 Å². The molecule has 0 aromatic heterocycles. The normalized spacial score (nSPS) is 12.5. The number of rotatable bonds is 2. The van der Waals surface area contributed by atoms with Gasteiger partial charge in [0.15, 0.2) is 0 Å². The molecule has 2 aromatic carbocycles. The van der Waals surface area contributed by atoms with Crippen molar-refractivity contribution in [1.82, 2.24) is 0 Å². The Kier molecular flexibility index (Phi) is 4.29. The van der Waals surface area contributed by atoms with E-state index >= 15 is 0 Å². The lowest BCUT2D eigenvalue weighted by Gasteiger charge is -2.15. The van der Waals surface area contributed by atoms with Crippen LogP contribution in [0.4, 0.5) is 4.39 Å². The molecule has 0 aliphatic carbocycles. The van der Waals surface area contributed by atoms with Crippen LogP contribution in [-0.2, 0) is 0 Å². The Hall–Kier alpha value is -0.900. The summed E-state index contributed by atoms with van der Waals surface area (Å²) in [5, 5.41) is 10.9. The van der Waals surface area contributed by atoms with Gasteiger partial charge in [-0.1, -0.05) is 23.7 Å². The van der Waals surface area contributed by atoms with Gasteiger partial charge in [-0.2, -0.15) is 0 Å². The van der Waals surface area contributed by atoms with Crippen molar-refractivity contribution >= 4 is 27.5 Å². The highest BCUT2D eigenvalue weighted by molar-refractivity contribution is 9.10. The van der Waals surface area contributed by atoms with Crippen molar-refractivity contribution in [2.45, 2.75) is 20.0 Å². The topological polar surface area (TPSA) is 20.2 Å². The van der Waals surface area contributed by atoms with Gasteiger partial charge in [-0.25, -0.2) is 4.39 Å². The summed E-state index contributed by atoms with van der Waals surface area (Å²) in [6.45, 7) is 3.92. The maximum Gasteiger partial charge on any atom is 0.137 e. The maximum absolute atomic E-state index is 13.2. The minimum absolute atomic E-state index is 0.323. The summed E-state index contributed by atoms with van der Waals surface area (Å²) in [5.41, 5.74) is 3.35. The fraction of sp³-hybridized carbons (Fsp3) is 0.200. The molecule has 1 N–H and O–H groups in total. The quantitative estimate of drug-likeness (QED) is 0.819. The van der Waals surface area contributed by atoms with Gasteiger partial charge in [0.2, 0.25) is 0 Å². The van der Waals surface area contributed by atoms with Crippen molar-refractivity contribution in [2.75, 3.05) is 0 Å². The molecule has 1 atom stereocenters. The van der Waals surface area contributed by atoms with Crippen molar-refractivity contribution in [2.24, 2.45) is 0 Å². The van der Waals surface area contributed by atoms with Gasteiger partial charge >= 0.3 is 0 Å². The van der Waals surface area contributed by atoms with Gasteiger partial charge in [0, 0.05) is 10.6 Å². The monoisotopic (exact) mass is 342 g/mol. The highest BCUT2D eigenvalue weighted by atomic mass is 79.9. The smallest absolute Gasteiger partial charge is 0.137 e. The third kappa shape index (κ3) is 2.99. The molecule has 19 heavy (non-hydrogen) atoms. The van der Waals surface area contributed by atoms with Gasteiger partial charge in [0.1, 0.15) is 11.9 Å². The van der Waals surface area contributed by atoms with Crippen molar-refractivity contribution in [3.8, 4) is 0 Å². The van der Waals surface area contributed by atoms with Gasteiger partial charge in [-0.15, -0.1) is 0 Å². The van der Waals surface area contributed by atoms with E-state index in [0.717, 1.165) is 11.1 Å². The van der Waals surface area contributed by atoms with E-state index < -0.39 is 6.10 Å². The summed E-state index contributed by atoms with van der Waals surface area (Å²) in [4.78, 5) is 0. The predicted molar refractivity (Wildman–Crippen MR) is 79.1 cm³/mol. The van der Waals surface area contributed by atoms with Crippen molar-refractivity contribution in [1.29, 1.82) is 0 Å². The Morgan fingerprint density at radius 3 is 2.42 bits per heavy atom. The summed E-state index contributed by atoms with van der Waals surface area (Å²) in [6.07, 6.45) is -0.872. The Morgan fingerprint density at radius 1 is 1.16 bits per heavy atom. The van der Waals surface area contributed by atoms with Gasteiger partial charge in [0.25, 0.3) is 0 Å². The molecule has 0 bridgehead atoms. The van der Waals surface area contributed by atoms with Crippen LogP contribution in [0, 0.1) is 19.7 Å². The minimum Gasteiger partial charge on any atom is -0.384 e. The molecule has 0 fully saturated rings. The largest absolute Gasteiger partial charge is 0.384 e. The number of hydrogen-bond donors (Lipinski definition) is 1. The van der Waals surface area contributed by atoms with E-state index in [1.54, 1.807) is 12.1 Å². The van der Waals surface area contributed by atoms with E-state index in [4.69, 9.17) is 11.6 Å². The molecule has 0 aliphatic rings. The Bertz CT molecular complexity index is 628. The molecule has 0 saturated heterocycles. The maximum atomic E-state index is 13.2. The highest BCUT2D eigenvalue weighted by Gasteiger charge is 2.16. The third-order valence-electron chi connectivity index (χ3n) is 3.17. The van der Waals surface area contributed by atoms with Crippen molar-refractivity contribution in [3.63, 3.8) is 0 Å². The number of benzene rings is 2. The third-order valence-corrected chi connectivity index (χ3v) is 4.10. The number of hydrogen-bond acceptors (Lipinski definition) is 1. The summed E-state index contributed by atoms with van der Waals surface area (Å²) < 4.78 is 13.5. The molecule has 0 heterocycles. The fourth-order valence-corrected chi connectivity index (χ4v) is 2.59. The molecule has 0 saturated carbocycles. The zero-order valence-electron chi connectivity index (χ0n) is 10.5. The fourth-order valence-electron chi connectivity index (χ4n) is 1.87. The lowest BCUT2D eigenvalue weighted by Crippen LogP contribution is -2.02. The molecular weight excluding hydrogens is 331 g/mol. The lowest BCUT2D eigenvalue weighted by atomic mass is 9.98. The van der Waals surface area contributed by atoms with Crippen molar-refractivity contribution < 1.29 is 9.50 Å².